The lowest BCUT2D eigenvalue weighted by atomic mass is 10.1. The maximum Gasteiger partial charge on any atom is 0.289 e. The van der Waals surface area contributed by atoms with Crippen molar-refractivity contribution in [3.8, 4) is 5.75 Å². The smallest absolute Gasteiger partial charge is 0.289 e. The molecule has 1 atom stereocenters. The lowest BCUT2D eigenvalue weighted by Gasteiger charge is -2.24. The van der Waals surface area contributed by atoms with E-state index in [4.69, 9.17) is 13.9 Å². The average Bonchev–Trinajstić information content (AvgIpc) is 3.42. The van der Waals surface area contributed by atoms with Crippen LogP contribution in [-0.2, 0) is 11.3 Å². The summed E-state index contributed by atoms with van der Waals surface area (Å²) >= 11 is 0. The number of aromatic nitrogens is 1. The number of hydrogen-bond donors (Lipinski definition) is 1. The molecule has 1 amide bonds. The molecule has 2 aromatic heterocycles. The molecule has 7 heteroatoms. The first-order chi connectivity index (χ1) is 14.1. The highest BCUT2D eigenvalue weighted by molar-refractivity contribution is 5.91. The zero-order chi connectivity index (χ0) is 20.2. The molecule has 1 aromatic carbocycles. The SMILES string of the molecule is CCOc1ccc2[nH]c(=O)c(CN(C[C@H]3CCCO3)C(=O)c3ccco3)cc2c1. The predicted molar refractivity (Wildman–Crippen MR) is 108 cm³/mol. The number of carbonyl (C=O) groups is 1. The Hall–Kier alpha value is -3.06. The average molecular weight is 396 g/mol. The second-order valence-corrected chi connectivity index (χ2v) is 7.10. The van der Waals surface area contributed by atoms with E-state index in [0.29, 0.717) is 25.3 Å². The summed E-state index contributed by atoms with van der Waals surface area (Å²) in [6, 6.07) is 10.7. The summed E-state index contributed by atoms with van der Waals surface area (Å²) in [6.45, 7) is 3.77. The van der Waals surface area contributed by atoms with Crippen LogP contribution in [0.25, 0.3) is 10.9 Å². The molecule has 1 fully saturated rings. The molecule has 0 radical (unpaired) electrons. The quantitative estimate of drug-likeness (QED) is 0.662. The lowest BCUT2D eigenvalue weighted by Crippen LogP contribution is -2.38. The number of fused-ring (bicyclic) bond motifs is 1. The Kier molecular flexibility index (Phi) is 5.67. The molecule has 4 rings (SSSR count). The maximum atomic E-state index is 13.0. The van der Waals surface area contributed by atoms with Crippen molar-refractivity contribution in [3.05, 3.63) is 64.3 Å². The fourth-order valence-corrected chi connectivity index (χ4v) is 3.62. The van der Waals surface area contributed by atoms with Gasteiger partial charge in [0.25, 0.3) is 11.5 Å². The summed E-state index contributed by atoms with van der Waals surface area (Å²) in [5.74, 6) is 0.729. The molecule has 152 valence electrons. The molecule has 0 bridgehead atoms. The highest BCUT2D eigenvalue weighted by Crippen LogP contribution is 2.21. The van der Waals surface area contributed by atoms with Crippen LogP contribution < -0.4 is 10.3 Å². The number of hydrogen-bond acceptors (Lipinski definition) is 5. The zero-order valence-electron chi connectivity index (χ0n) is 16.3. The third-order valence-electron chi connectivity index (χ3n) is 5.03. The van der Waals surface area contributed by atoms with E-state index in [1.165, 1.54) is 6.26 Å². The van der Waals surface area contributed by atoms with Crippen LogP contribution in [0.3, 0.4) is 0 Å². The number of amides is 1. The molecule has 0 aliphatic carbocycles. The predicted octanol–water partition coefficient (Wildman–Crippen LogP) is 3.34. The van der Waals surface area contributed by atoms with Gasteiger partial charge in [0.2, 0.25) is 0 Å². The van der Waals surface area contributed by atoms with Gasteiger partial charge in [0.05, 0.1) is 25.5 Å². The van der Waals surface area contributed by atoms with Crippen LogP contribution in [0.15, 0.2) is 51.9 Å². The standard InChI is InChI=1S/C22H24N2O5/c1-2-27-17-7-8-19-15(12-17)11-16(21(25)23-19)13-24(14-18-5-3-9-28-18)22(26)20-6-4-10-29-20/h4,6-8,10-12,18H,2-3,5,9,13-14H2,1H3,(H,23,25)/t18-/m1/s1. The number of nitrogens with one attached hydrogen (secondary N) is 1. The molecule has 3 heterocycles. The van der Waals surface area contributed by atoms with Crippen molar-refractivity contribution < 1.29 is 18.7 Å². The Morgan fingerprint density at radius 3 is 2.93 bits per heavy atom. The molecule has 0 unspecified atom stereocenters. The minimum Gasteiger partial charge on any atom is -0.494 e. The number of pyridine rings is 1. The molecule has 0 saturated carbocycles. The second-order valence-electron chi connectivity index (χ2n) is 7.10. The first-order valence-electron chi connectivity index (χ1n) is 9.87. The summed E-state index contributed by atoms with van der Waals surface area (Å²) < 4.78 is 16.5. The van der Waals surface area contributed by atoms with Crippen LogP contribution in [0.2, 0.25) is 0 Å². The van der Waals surface area contributed by atoms with Crippen LogP contribution in [0.1, 0.15) is 35.9 Å². The van der Waals surface area contributed by atoms with Crippen LogP contribution in [0, 0.1) is 0 Å². The highest BCUT2D eigenvalue weighted by atomic mass is 16.5. The van der Waals surface area contributed by atoms with E-state index in [-0.39, 0.29) is 29.9 Å². The lowest BCUT2D eigenvalue weighted by molar-refractivity contribution is 0.0483. The van der Waals surface area contributed by atoms with Crippen molar-refractivity contribution in [2.45, 2.75) is 32.4 Å². The van der Waals surface area contributed by atoms with Gasteiger partial charge < -0.3 is 23.8 Å². The van der Waals surface area contributed by atoms with E-state index < -0.39 is 0 Å². The normalized spacial score (nSPS) is 16.2. The molecular formula is C22H24N2O5. The molecule has 1 N–H and O–H groups in total. The molecule has 3 aromatic rings. The van der Waals surface area contributed by atoms with E-state index >= 15 is 0 Å². The molecule has 0 spiro atoms. The minimum absolute atomic E-state index is 0.0296. The van der Waals surface area contributed by atoms with Crippen LogP contribution in [0.4, 0.5) is 0 Å². The number of nitrogens with zero attached hydrogens (tertiary/aromatic N) is 1. The Morgan fingerprint density at radius 2 is 2.21 bits per heavy atom. The fourth-order valence-electron chi connectivity index (χ4n) is 3.62. The molecular weight excluding hydrogens is 372 g/mol. The number of carbonyl (C=O) groups excluding carboxylic acids is 1. The molecule has 29 heavy (non-hydrogen) atoms. The Balaban J connectivity index is 1.64. The summed E-state index contributed by atoms with van der Waals surface area (Å²) in [5, 5.41) is 0.855. The van der Waals surface area contributed by atoms with E-state index in [1.54, 1.807) is 17.0 Å². The minimum atomic E-state index is -0.256. The number of furan rings is 1. The van der Waals surface area contributed by atoms with Gasteiger partial charge in [0, 0.05) is 29.6 Å². The summed E-state index contributed by atoms with van der Waals surface area (Å²) in [5.41, 5.74) is 1.01. The van der Waals surface area contributed by atoms with E-state index in [9.17, 15) is 9.59 Å². The van der Waals surface area contributed by atoms with Gasteiger partial charge in [-0.1, -0.05) is 0 Å². The van der Waals surface area contributed by atoms with Crippen LogP contribution in [0.5, 0.6) is 5.75 Å². The van der Waals surface area contributed by atoms with E-state index in [2.05, 4.69) is 4.98 Å². The van der Waals surface area contributed by atoms with Gasteiger partial charge in [0.15, 0.2) is 5.76 Å². The maximum absolute atomic E-state index is 13.0. The van der Waals surface area contributed by atoms with Crippen molar-refractivity contribution in [1.29, 1.82) is 0 Å². The Bertz CT molecular complexity index is 1040. The zero-order valence-corrected chi connectivity index (χ0v) is 16.3. The van der Waals surface area contributed by atoms with Gasteiger partial charge in [-0.25, -0.2) is 0 Å². The van der Waals surface area contributed by atoms with Gasteiger partial charge >= 0.3 is 0 Å². The van der Waals surface area contributed by atoms with Gasteiger partial charge in [-0.15, -0.1) is 0 Å². The molecule has 7 nitrogen and oxygen atoms in total. The second kappa shape index (κ2) is 8.53. The molecule has 1 aliphatic rings. The van der Waals surface area contributed by atoms with E-state index in [1.807, 2.05) is 31.2 Å². The topological polar surface area (TPSA) is 84.8 Å². The number of aromatic amines is 1. The van der Waals surface area contributed by atoms with Gasteiger partial charge in [0.1, 0.15) is 5.75 Å². The number of ether oxygens (including phenoxy) is 2. The van der Waals surface area contributed by atoms with Crippen molar-refractivity contribution >= 4 is 16.8 Å². The number of benzene rings is 1. The van der Waals surface area contributed by atoms with Crippen molar-refractivity contribution in [1.82, 2.24) is 9.88 Å². The van der Waals surface area contributed by atoms with Crippen molar-refractivity contribution in [2.75, 3.05) is 19.8 Å². The first-order valence-corrected chi connectivity index (χ1v) is 9.87. The summed E-state index contributed by atoms with van der Waals surface area (Å²) in [4.78, 5) is 30.1. The highest BCUT2D eigenvalue weighted by Gasteiger charge is 2.25. The molecule has 1 aliphatic heterocycles. The number of rotatable bonds is 7. The Morgan fingerprint density at radius 1 is 1.31 bits per heavy atom. The van der Waals surface area contributed by atoms with Crippen molar-refractivity contribution in [3.63, 3.8) is 0 Å². The van der Waals surface area contributed by atoms with Crippen molar-refractivity contribution in [2.24, 2.45) is 0 Å². The van der Waals surface area contributed by atoms with Crippen LogP contribution >= 0.6 is 0 Å². The largest absolute Gasteiger partial charge is 0.494 e. The fraction of sp³-hybridized carbons (Fsp3) is 0.364. The Labute approximate surface area is 168 Å². The third kappa shape index (κ3) is 4.35. The van der Waals surface area contributed by atoms with E-state index in [0.717, 1.165) is 29.5 Å². The first kappa shape index (κ1) is 19.3. The monoisotopic (exact) mass is 396 g/mol. The van der Waals surface area contributed by atoms with Gasteiger partial charge in [-0.3, -0.25) is 9.59 Å². The van der Waals surface area contributed by atoms with Gasteiger partial charge in [-0.05, 0) is 56.2 Å². The molecule has 1 saturated heterocycles. The number of H-pyrrole nitrogens is 1. The summed E-state index contributed by atoms with van der Waals surface area (Å²) in [7, 11) is 0. The summed E-state index contributed by atoms with van der Waals surface area (Å²) in [6.07, 6.45) is 3.31. The third-order valence-corrected chi connectivity index (χ3v) is 5.03. The van der Waals surface area contributed by atoms with Gasteiger partial charge in [-0.2, -0.15) is 0 Å². The van der Waals surface area contributed by atoms with Crippen LogP contribution in [-0.4, -0.2) is 41.7 Å².